The number of hydrogen-bond acceptors (Lipinski definition) is 4. The van der Waals surface area contributed by atoms with E-state index in [0.29, 0.717) is 24.9 Å². The maximum absolute atomic E-state index is 11.9. The molecule has 19 heavy (non-hydrogen) atoms. The molecule has 2 aliphatic rings. The number of amides is 1. The van der Waals surface area contributed by atoms with E-state index in [-0.39, 0.29) is 11.9 Å². The average molecular weight is 269 g/mol. The molecule has 0 aromatic rings. The van der Waals surface area contributed by atoms with Gasteiger partial charge in [0.1, 0.15) is 0 Å². The van der Waals surface area contributed by atoms with Crippen LogP contribution in [0.4, 0.5) is 0 Å². The molecule has 1 heterocycles. The zero-order valence-corrected chi connectivity index (χ0v) is 11.9. The molecule has 0 aromatic heterocycles. The Bertz CT molecular complexity index is 292. The lowest BCUT2D eigenvalue weighted by atomic mass is 9.96. The van der Waals surface area contributed by atoms with Gasteiger partial charge in [-0.25, -0.2) is 0 Å². The Morgan fingerprint density at radius 2 is 2.26 bits per heavy atom. The molecule has 5 heteroatoms. The summed E-state index contributed by atoms with van der Waals surface area (Å²) >= 11 is 0. The monoisotopic (exact) mass is 269 g/mol. The number of nitrogens with zero attached hydrogens (tertiary/aromatic N) is 1. The minimum atomic E-state index is 0.159. The fourth-order valence-electron chi connectivity index (χ4n) is 2.89. The number of likely N-dealkylation sites (tertiary alicyclic amines) is 1. The average Bonchev–Trinajstić information content (AvgIpc) is 3.20. The zero-order valence-electron chi connectivity index (χ0n) is 11.9. The van der Waals surface area contributed by atoms with Gasteiger partial charge in [-0.05, 0) is 38.1 Å². The lowest BCUT2D eigenvalue weighted by Crippen LogP contribution is -2.49. The van der Waals surface area contributed by atoms with Gasteiger partial charge in [0.25, 0.3) is 0 Å². The lowest BCUT2D eigenvalue weighted by molar-refractivity contribution is -0.122. The molecule has 2 atom stereocenters. The summed E-state index contributed by atoms with van der Waals surface area (Å²) in [4.78, 5) is 14.3. The topological polar surface area (TPSA) is 67.6 Å². The van der Waals surface area contributed by atoms with Crippen molar-refractivity contribution in [1.29, 1.82) is 0 Å². The summed E-state index contributed by atoms with van der Waals surface area (Å²) in [5.74, 6) is 0.742. The first kappa shape index (κ1) is 14.8. The van der Waals surface area contributed by atoms with Crippen molar-refractivity contribution in [3.05, 3.63) is 0 Å². The van der Waals surface area contributed by atoms with Crippen LogP contribution in [0.25, 0.3) is 0 Å². The van der Waals surface area contributed by atoms with E-state index in [0.717, 1.165) is 32.5 Å². The number of ether oxygens (including phenoxy) is 1. The first-order chi connectivity index (χ1) is 9.22. The van der Waals surface area contributed by atoms with Gasteiger partial charge in [0.2, 0.25) is 5.91 Å². The molecular weight excluding hydrogens is 242 g/mol. The van der Waals surface area contributed by atoms with E-state index in [1.54, 1.807) is 7.11 Å². The molecule has 1 saturated carbocycles. The van der Waals surface area contributed by atoms with Crippen LogP contribution in [0.5, 0.6) is 0 Å². The maximum atomic E-state index is 11.9. The number of nitrogens with one attached hydrogen (secondary N) is 1. The van der Waals surface area contributed by atoms with Crippen LogP contribution in [0.2, 0.25) is 0 Å². The number of carbonyl (C=O) groups is 1. The summed E-state index contributed by atoms with van der Waals surface area (Å²) in [5, 5.41) is 3.05. The van der Waals surface area contributed by atoms with Crippen LogP contribution in [0.15, 0.2) is 0 Å². The summed E-state index contributed by atoms with van der Waals surface area (Å²) in [6.45, 7) is 3.42. The smallest absolute Gasteiger partial charge is 0.221 e. The molecule has 0 radical (unpaired) electrons. The van der Waals surface area contributed by atoms with Gasteiger partial charge in [-0.2, -0.15) is 0 Å². The van der Waals surface area contributed by atoms with Crippen LogP contribution in [-0.4, -0.2) is 56.2 Å². The third-order valence-corrected chi connectivity index (χ3v) is 4.10. The Morgan fingerprint density at radius 1 is 1.47 bits per heavy atom. The molecule has 2 rings (SSSR count). The van der Waals surface area contributed by atoms with Gasteiger partial charge in [0.15, 0.2) is 0 Å². The van der Waals surface area contributed by atoms with Gasteiger partial charge < -0.3 is 15.8 Å². The van der Waals surface area contributed by atoms with Crippen molar-refractivity contribution < 1.29 is 9.53 Å². The zero-order chi connectivity index (χ0) is 13.7. The Morgan fingerprint density at radius 3 is 2.89 bits per heavy atom. The Hall–Kier alpha value is -0.650. The minimum absolute atomic E-state index is 0.159. The van der Waals surface area contributed by atoms with Gasteiger partial charge >= 0.3 is 0 Å². The van der Waals surface area contributed by atoms with Crippen LogP contribution < -0.4 is 11.1 Å². The van der Waals surface area contributed by atoms with Crippen molar-refractivity contribution in [2.75, 3.05) is 33.4 Å². The standard InChI is InChI=1S/C14H27N3O2/c1-19-10-11-3-2-6-17(9-11)13(8-15)7-14(18)16-12-4-5-12/h11-13H,2-10,15H2,1H3,(H,16,18). The molecule has 2 unspecified atom stereocenters. The van der Waals surface area contributed by atoms with E-state index in [4.69, 9.17) is 10.5 Å². The molecule has 1 amide bonds. The second-order valence-electron chi connectivity index (χ2n) is 5.89. The van der Waals surface area contributed by atoms with Gasteiger partial charge in [0, 0.05) is 38.7 Å². The summed E-state index contributed by atoms with van der Waals surface area (Å²) in [6, 6.07) is 0.618. The van der Waals surface area contributed by atoms with Gasteiger partial charge in [0.05, 0.1) is 6.61 Å². The Balaban J connectivity index is 1.79. The molecule has 1 saturated heterocycles. The largest absolute Gasteiger partial charge is 0.384 e. The van der Waals surface area contributed by atoms with Crippen molar-refractivity contribution >= 4 is 5.91 Å². The highest BCUT2D eigenvalue weighted by Gasteiger charge is 2.28. The molecule has 0 bridgehead atoms. The highest BCUT2D eigenvalue weighted by Crippen LogP contribution is 2.21. The number of rotatable bonds is 7. The normalized spacial score (nSPS) is 26.1. The summed E-state index contributed by atoms with van der Waals surface area (Å²) < 4.78 is 5.25. The molecule has 2 fully saturated rings. The molecule has 0 spiro atoms. The van der Waals surface area contributed by atoms with E-state index < -0.39 is 0 Å². The number of nitrogens with two attached hydrogens (primary N) is 1. The lowest BCUT2D eigenvalue weighted by Gasteiger charge is -2.37. The number of hydrogen-bond donors (Lipinski definition) is 2. The minimum Gasteiger partial charge on any atom is -0.384 e. The predicted molar refractivity (Wildman–Crippen MR) is 74.8 cm³/mol. The number of methoxy groups -OCH3 is 1. The second kappa shape index (κ2) is 7.22. The number of carbonyl (C=O) groups excluding carboxylic acids is 1. The third-order valence-electron chi connectivity index (χ3n) is 4.10. The molecule has 3 N–H and O–H groups in total. The number of piperidine rings is 1. The van der Waals surface area contributed by atoms with Gasteiger partial charge in [-0.3, -0.25) is 9.69 Å². The van der Waals surface area contributed by atoms with Gasteiger partial charge in [-0.15, -0.1) is 0 Å². The first-order valence-corrected chi connectivity index (χ1v) is 7.45. The third kappa shape index (κ3) is 4.75. The Kier molecular flexibility index (Phi) is 5.60. The van der Waals surface area contributed by atoms with Crippen molar-refractivity contribution in [3.63, 3.8) is 0 Å². The summed E-state index contributed by atoms with van der Waals surface area (Å²) in [5.41, 5.74) is 5.86. The molecule has 1 aliphatic heterocycles. The van der Waals surface area contributed by atoms with Crippen LogP contribution in [0.1, 0.15) is 32.1 Å². The highest BCUT2D eigenvalue weighted by atomic mass is 16.5. The van der Waals surface area contributed by atoms with Crippen molar-refractivity contribution in [2.45, 2.75) is 44.2 Å². The molecule has 0 aromatic carbocycles. The van der Waals surface area contributed by atoms with E-state index in [2.05, 4.69) is 10.2 Å². The van der Waals surface area contributed by atoms with Crippen LogP contribution in [0.3, 0.4) is 0 Å². The first-order valence-electron chi connectivity index (χ1n) is 7.45. The molecular formula is C14H27N3O2. The molecule has 110 valence electrons. The van der Waals surface area contributed by atoms with Crippen LogP contribution in [-0.2, 0) is 9.53 Å². The summed E-state index contributed by atoms with van der Waals surface area (Å²) in [7, 11) is 1.75. The Labute approximate surface area is 115 Å². The quantitative estimate of drug-likeness (QED) is 0.699. The van der Waals surface area contributed by atoms with Crippen LogP contribution >= 0.6 is 0 Å². The maximum Gasteiger partial charge on any atom is 0.221 e. The molecule has 5 nitrogen and oxygen atoms in total. The SMILES string of the molecule is COCC1CCCN(C(CN)CC(=O)NC2CC2)C1. The van der Waals surface area contributed by atoms with Crippen molar-refractivity contribution in [2.24, 2.45) is 11.7 Å². The van der Waals surface area contributed by atoms with Crippen molar-refractivity contribution in [1.82, 2.24) is 10.2 Å². The van der Waals surface area contributed by atoms with E-state index in [1.165, 1.54) is 12.8 Å². The molecule has 1 aliphatic carbocycles. The van der Waals surface area contributed by atoms with E-state index in [9.17, 15) is 4.79 Å². The van der Waals surface area contributed by atoms with E-state index in [1.807, 2.05) is 0 Å². The van der Waals surface area contributed by atoms with Crippen LogP contribution in [0, 0.1) is 5.92 Å². The predicted octanol–water partition coefficient (Wildman–Crippen LogP) is 0.341. The van der Waals surface area contributed by atoms with E-state index >= 15 is 0 Å². The summed E-state index contributed by atoms with van der Waals surface area (Å²) in [6.07, 6.45) is 5.20. The second-order valence-corrected chi connectivity index (χ2v) is 5.89. The highest BCUT2D eigenvalue weighted by molar-refractivity contribution is 5.77. The fraction of sp³-hybridized carbons (Fsp3) is 0.929. The fourth-order valence-corrected chi connectivity index (χ4v) is 2.89. The van der Waals surface area contributed by atoms with Crippen molar-refractivity contribution in [3.8, 4) is 0 Å². The van der Waals surface area contributed by atoms with Gasteiger partial charge in [-0.1, -0.05) is 0 Å².